The summed E-state index contributed by atoms with van der Waals surface area (Å²) in [4.78, 5) is 17.0. The van der Waals surface area contributed by atoms with Crippen molar-refractivity contribution in [3.8, 4) is 0 Å². The lowest BCUT2D eigenvalue weighted by molar-refractivity contribution is 0.0425. The maximum atomic E-state index is 13.4. The van der Waals surface area contributed by atoms with E-state index >= 15 is 0 Å². The van der Waals surface area contributed by atoms with Crippen molar-refractivity contribution in [1.29, 1.82) is 0 Å². The Bertz CT molecular complexity index is 821. The number of nitrogens with zero attached hydrogens (tertiary/aromatic N) is 2. The van der Waals surface area contributed by atoms with Crippen LogP contribution in [0.25, 0.3) is 0 Å². The maximum absolute atomic E-state index is 13.4. The smallest absolute Gasteiger partial charge is 0.318 e. The minimum Gasteiger partial charge on any atom is -0.318 e. The summed E-state index contributed by atoms with van der Waals surface area (Å²) < 4.78 is 14.4. The first-order valence-electron chi connectivity index (χ1n) is 9.06. The normalized spacial score (nSPS) is 21.3. The number of urea groups is 1. The fraction of sp³-hybridized carbons (Fsp3) is 0.318. The van der Waals surface area contributed by atoms with Crippen LogP contribution in [-0.4, -0.2) is 29.4 Å². The molecule has 1 fully saturated rings. The Morgan fingerprint density at radius 2 is 1.85 bits per heavy atom. The molecular weight excluding hydrogens is 407 g/mol. The zero-order chi connectivity index (χ0) is 19.6. The van der Waals surface area contributed by atoms with E-state index in [9.17, 15) is 9.18 Å². The van der Waals surface area contributed by atoms with Gasteiger partial charge in [-0.2, -0.15) is 0 Å². The lowest BCUT2D eigenvalue weighted by Gasteiger charge is -2.50. The standard InChI is InChI=1S/C22H24BrFN2O/c1-4-13-22(18-7-11-20(24)12-8-18)14-15-26(21(27)25(22)3)16(2)17-5-9-19(23)10-6-17/h4-12,16H,1,13-15H2,2-3H3/t16-,22?/m0/s1. The summed E-state index contributed by atoms with van der Waals surface area (Å²) >= 11 is 3.45. The molecule has 3 rings (SSSR count). The summed E-state index contributed by atoms with van der Waals surface area (Å²) in [7, 11) is 1.83. The molecule has 0 aromatic heterocycles. The molecule has 1 saturated heterocycles. The van der Waals surface area contributed by atoms with E-state index in [0.717, 1.165) is 22.0 Å². The molecule has 1 heterocycles. The maximum Gasteiger partial charge on any atom is 0.320 e. The Balaban J connectivity index is 1.90. The van der Waals surface area contributed by atoms with E-state index < -0.39 is 5.54 Å². The zero-order valence-electron chi connectivity index (χ0n) is 15.7. The highest BCUT2D eigenvalue weighted by atomic mass is 79.9. The number of carbonyl (C=O) groups excluding carboxylic acids is 1. The van der Waals surface area contributed by atoms with Crippen LogP contribution in [0.15, 0.2) is 65.7 Å². The van der Waals surface area contributed by atoms with Gasteiger partial charge in [0.05, 0.1) is 11.6 Å². The largest absolute Gasteiger partial charge is 0.320 e. The molecule has 3 nitrogen and oxygen atoms in total. The van der Waals surface area contributed by atoms with Crippen LogP contribution in [-0.2, 0) is 5.54 Å². The molecule has 0 N–H and O–H groups in total. The minimum atomic E-state index is -0.498. The van der Waals surface area contributed by atoms with Crippen molar-refractivity contribution >= 4 is 22.0 Å². The first-order valence-corrected chi connectivity index (χ1v) is 9.85. The molecule has 2 aromatic rings. The summed E-state index contributed by atoms with van der Waals surface area (Å²) in [6, 6.07) is 14.5. The van der Waals surface area contributed by atoms with Crippen LogP contribution in [0.5, 0.6) is 0 Å². The van der Waals surface area contributed by atoms with Gasteiger partial charge in [0, 0.05) is 18.1 Å². The highest BCUT2D eigenvalue weighted by Gasteiger charge is 2.45. The van der Waals surface area contributed by atoms with Gasteiger partial charge in [0.25, 0.3) is 0 Å². The number of hydrogen-bond acceptors (Lipinski definition) is 1. The Labute approximate surface area is 168 Å². The average Bonchev–Trinajstić information content (AvgIpc) is 2.66. The third-order valence-electron chi connectivity index (χ3n) is 5.62. The zero-order valence-corrected chi connectivity index (χ0v) is 17.2. The molecular formula is C22H24BrFN2O. The monoisotopic (exact) mass is 430 g/mol. The molecule has 5 heteroatoms. The van der Waals surface area contributed by atoms with E-state index in [-0.39, 0.29) is 17.9 Å². The van der Waals surface area contributed by atoms with Gasteiger partial charge < -0.3 is 9.80 Å². The van der Waals surface area contributed by atoms with Crippen LogP contribution in [0, 0.1) is 5.82 Å². The topological polar surface area (TPSA) is 23.6 Å². The van der Waals surface area contributed by atoms with Crippen LogP contribution in [0.4, 0.5) is 9.18 Å². The van der Waals surface area contributed by atoms with Crippen LogP contribution in [0.1, 0.15) is 36.9 Å². The number of benzene rings is 2. The van der Waals surface area contributed by atoms with E-state index in [2.05, 4.69) is 22.5 Å². The number of halogens is 2. The molecule has 2 amide bonds. The van der Waals surface area contributed by atoms with Crippen molar-refractivity contribution in [2.75, 3.05) is 13.6 Å². The fourth-order valence-corrected chi connectivity index (χ4v) is 4.18. The van der Waals surface area contributed by atoms with E-state index in [1.165, 1.54) is 12.1 Å². The van der Waals surface area contributed by atoms with E-state index in [4.69, 9.17) is 0 Å². The Hall–Kier alpha value is -2.14. The van der Waals surface area contributed by atoms with Gasteiger partial charge in [-0.05, 0) is 55.2 Å². The van der Waals surface area contributed by atoms with Crippen LogP contribution >= 0.6 is 15.9 Å². The average molecular weight is 431 g/mol. The number of rotatable bonds is 5. The highest BCUT2D eigenvalue weighted by Crippen LogP contribution is 2.41. The lowest BCUT2D eigenvalue weighted by Crippen LogP contribution is -2.58. The molecule has 142 valence electrons. The van der Waals surface area contributed by atoms with Gasteiger partial charge in [-0.3, -0.25) is 0 Å². The Morgan fingerprint density at radius 3 is 2.44 bits per heavy atom. The molecule has 0 bridgehead atoms. The van der Waals surface area contributed by atoms with Crippen molar-refractivity contribution < 1.29 is 9.18 Å². The van der Waals surface area contributed by atoms with Gasteiger partial charge >= 0.3 is 6.03 Å². The van der Waals surface area contributed by atoms with Gasteiger partial charge in [-0.25, -0.2) is 9.18 Å². The highest BCUT2D eigenvalue weighted by molar-refractivity contribution is 9.10. The van der Waals surface area contributed by atoms with Gasteiger partial charge in [-0.15, -0.1) is 6.58 Å². The van der Waals surface area contributed by atoms with Crippen LogP contribution < -0.4 is 0 Å². The molecule has 27 heavy (non-hydrogen) atoms. The molecule has 0 saturated carbocycles. The van der Waals surface area contributed by atoms with Crippen molar-refractivity contribution in [2.45, 2.75) is 31.3 Å². The first-order chi connectivity index (χ1) is 12.9. The predicted molar refractivity (Wildman–Crippen MR) is 110 cm³/mol. The number of hydrogen-bond donors (Lipinski definition) is 0. The molecule has 2 atom stereocenters. The molecule has 1 unspecified atom stereocenters. The number of carbonyl (C=O) groups is 1. The van der Waals surface area contributed by atoms with Crippen molar-refractivity contribution in [3.63, 3.8) is 0 Å². The van der Waals surface area contributed by atoms with Crippen LogP contribution in [0.2, 0.25) is 0 Å². The quantitative estimate of drug-likeness (QED) is 0.543. The van der Waals surface area contributed by atoms with Gasteiger partial charge in [0.15, 0.2) is 0 Å². The summed E-state index contributed by atoms with van der Waals surface area (Å²) in [6.45, 7) is 6.56. The molecule has 0 aliphatic carbocycles. The van der Waals surface area contributed by atoms with E-state index in [1.54, 1.807) is 17.0 Å². The minimum absolute atomic E-state index is 0.0250. The Kier molecular flexibility index (Phi) is 5.70. The second-order valence-corrected chi connectivity index (χ2v) is 7.96. The second kappa shape index (κ2) is 7.85. The Morgan fingerprint density at radius 1 is 1.22 bits per heavy atom. The SMILES string of the molecule is C=CCC1(c2ccc(F)cc2)CCN([C@@H](C)c2ccc(Br)cc2)C(=O)N1C. The number of amides is 2. The summed E-state index contributed by atoms with van der Waals surface area (Å²) in [5, 5.41) is 0. The molecule has 0 spiro atoms. The molecule has 0 radical (unpaired) electrons. The van der Waals surface area contributed by atoms with E-state index in [0.29, 0.717) is 13.0 Å². The van der Waals surface area contributed by atoms with Gasteiger partial charge in [-0.1, -0.05) is 46.3 Å². The van der Waals surface area contributed by atoms with Crippen molar-refractivity contribution in [2.24, 2.45) is 0 Å². The molecule has 2 aromatic carbocycles. The third kappa shape index (κ3) is 3.65. The van der Waals surface area contributed by atoms with E-state index in [1.807, 2.05) is 49.2 Å². The second-order valence-electron chi connectivity index (χ2n) is 7.04. The van der Waals surface area contributed by atoms with Crippen molar-refractivity contribution in [1.82, 2.24) is 9.80 Å². The summed E-state index contributed by atoms with van der Waals surface area (Å²) in [5.41, 5.74) is 1.54. The summed E-state index contributed by atoms with van der Waals surface area (Å²) in [5.74, 6) is -0.275. The molecule has 1 aliphatic heterocycles. The van der Waals surface area contributed by atoms with Crippen molar-refractivity contribution in [3.05, 3.63) is 82.6 Å². The summed E-state index contributed by atoms with van der Waals surface area (Å²) in [6.07, 6.45) is 3.22. The first kappa shape index (κ1) is 19.6. The fourth-order valence-electron chi connectivity index (χ4n) is 3.92. The van der Waals surface area contributed by atoms with Gasteiger partial charge in [0.1, 0.15) is 5.82 Å². The predicted octanol–water partition coefficient (Wildman–Crippen LogP) is 5.88. The lowest BCUT2D eigenvalue weighted by atomic mass is 9.80. The molecule has 1 aliphatic rings. The van der Waals surface area contributed by atoms with Crippen LogP contribution in [0.3, 0.4) is 0 Å². The van der Waals surface area contributed by atoms with Gasteiger partial charge in [0.2, 0.25) is 0 Å². The third-order valence-corrected chi connectivity index (χ3v) is 6.15.